The Balaban J connectivity index is 0.000000286. The second-order valence-electron chi connectivity index (χ2n) is 15.5. The molecule has 0 saturated heterocycles. The zero-order valence-electron chi connectivity index (χ0n) is 40.0. The predicted octanol–water partition coefficient (Wildman–Crippen LogP) is 12.9. The van der Waals surface area contributed by atoms with E-state index in [1.807, 2.05) is 43.5 Å². The van der Waals surface area contributed by atoms with Crippen LogP contribution in [-0.2, 0) is 30.9 Å². The summed E-state index contributed by atoms with van der Waals surface area (Å²) in [5.74, 6) is 0. The van der Waals surface area contributed by atoms with Gasteiger partial charge in [-0.15, -0.1) is 53.1 Å². The minimum atomic E-state index is -0.547. The first-order valence-corrected chi connectivity index (χ1v) is 18.0. The van der Waals surface area contributed by atoms with Gasteiger partial charge in [0, 0.05) is 48.7 Å². The summed E-state index contributed by atoms with van der Waals surface area (Å²) in [4.78, 5) is 8.95. The SMILES string of the molecule is Cc1ccc(-c2[c-]ccc(C(C)(C)C)c2)nc1.[2H]c1c([2H])c([2H])c2c(c1[2H])c1c([2H])c([2H])c([2H])c([2H])c1n2-c1c(C#N)ccc2c1oc1c(-c3ccccn3)[c-]cc(C(C)(C)C)c12.[Ir]. The molecule has 279 valence electrons. The summed E-state index contributed by atoms with van der Waals surface area (Å²) in [7, 11) is 0. The van der Waals surface area contributed by atoms with Crippen LogP contribution >= 0.6 is 0 Å². The number of aromatic nitrogens is 3. The Labute approximate surface area is 353 Å². The first-order chi connectivity index (χ1) is 29.8. The van der Waals surface area contributed by atoms with E-state index in [-0.39, 0.29) is 69.6 Å². The van der Waals surface area contributed by atoms with E-state index >= 15 is 0 Å². The Hall–Kier alpha value is -5.86. The number of nitriles is 1. The maximum Gasteiger partial charge on any atom is 0.146 e. The van der Waals surface area contributed by atoms with Crippen LogP contribution in [0.3, 0.4) is 0 Å². The van der Waals surface area contributed by atoms with Crippen molar-refractivity contribution in [2.75, 3.05) is 0 Å². The Morgan fingerprint density at radius 2 is 1.48 bits per heavy atom. The first-order valence-electron chi connectivity index (χ1n) is 22.0. The summed E-state index contributed by atoms with van der Waals surface area (Å²) in [6.07, 6.45) is 3.56. The van der Waals surface area contributed by atoms with Gasteiger partial charge in [0.1, 0.15) is 17.3 Å². The molecule has 0 aliphatic heterocycles. The van der Waals surface area contributed by atoms with E-state index in [4.69, 9.17) is 15.4 Å². The van der Waals surface area contributed by atoms with E-state index in [0.29, 0.717) is 22.2 Å². The third-order valence-corrected chi connectivity index (χ3v) is 9.65. The third-order valence-electron chi connectivity index (χ3n) is 9.65. The molecule has 0 bridgehead atoms. The van der Waals surface area contributed by atoms with Crippen LogP contribution < -0.4 is 0 Å². The van der Waals surface area contributed by atoms with Crippen molar-refractivity contribution in [1.29, 1.82) is 5.26 Å². The molecule has 5 nitrogen and oxygen atoms in total. The van der Waals surface area contributed by atoms with Gasteiger partial charge in [-0.05, 0) is 58.9 Å². The molecule has 0 unspecified atom stereocenters. The number of pyridine rings is 2. The van der Waals surface area contributed by atoms with Gasteiger partial charge in [0.25, 0.3) is 0 Å². The molecule has 0 amide bonds. The Morgan fingerprint density at radius 1 is 0.768 bits per heavy atom. The average Bonchev–Trinajstić information content (AvgIpc) is 3.83. The van der Waals surface area contributed by atoms with Crippen molar-refractivity contribution in [1.82, 2.24) is 14.5 Å². The fourth-order valence-corrected chi connectivity index (χ4v) is 6.83. The Bertz CT molecular complexity index is 3280. The van der Waals surface area contributed by atoms with Crippen LogP contribution in [0.2, 0.25) is 0 Å². The van der Waals surface area contributed by atoms with E-state index in [1.165, 1.54) is 15.7 Å². The summed E-state index contributed by atoms with van der Waals surface area (Å²) in [5.41, 5.74) is 7.07. The molecule has 0 saturated carbocycles. The van der Waals surface area contributed by atoms with Crippen LogP contribution in [-0.4, -0.2) is 14.5 Å². The summed E-state index contributed by atoms with van der Waals surface area (Å²) in [6.45, 7) is 14.9. The molecule has 4 aromatic heterocycles. The van der Waals surface area contributed by atoms with Gasteiger partial charge in [0.05, 0.1) is 33.1 Å². The fraction of sp³-hybridized carbons (Fsp3) is 0.180. The number of rotatable bonds is 3. The molecule has 5 aromatic carbocycles. The van der Waals surface area contributed by atoms with Crippen molar-refractivity contribution in [3.8, 4) is 34.3 Å². The normalized spacial score (nSPS) is 13.7. The van der Waals surface area contributed by atoms with E-state index in [2.05, 4.69) is 87.9 Å². The quantitative estimate of drug-likeness (QED) is 0.166. The number of para-hydroxylation sites is 2. The monoisotopic (exact) mass is 915 g/mol. The minimum absolute atomic E-state index is 0. The number of hydrogen-bond donors (Lipinski definition) is 0. The van der Waals surface area contributed by atoms with E-state index in [0.717, 1.165) is 22.2 Å². The van der Waals surface area contributed by atoms with Crippen molar-refractivity contribution >= 4 is 43.7 Å². The summed E-state index contributed by atoms with van der Waals surface area (Å²) < 4.78 is 77.2. The number of benzene rings is 5. The molecular weight excluding hydrogens is 865 g/mol. The van der Waals surface area contributed by atoms with Crippen LogP contribution in [0.4, 0.5) is 0 Å². The Kier molecular flexibility index (Phi) is 7.88. The average molecular weight is 915 g/mol. The number of furan rings is 1. The van der Waals surface area contributed by atoms with Crippen LogP contribution in [0.25, 0.3) is 71.9 Å². The van der Waals surface area contributed by atoms with Crippen LogP contribution in [0.1, 0.15) is 74.8 Å². The maximum atomic E-state index is 10.4. The van der Waals surface area contributed by atoms with Crippen LogP contribution in [0.5, 0.6) is 0 Å². The molecular formula is C50H42IrN4O-2. The van der Waals surface area contributed by atoms with Crippen LogP contribution in [0, 0.1) is 30.4 Å². The van der Waals surface area contributed by atoms with Gasteiger partial charge in [0.2, 0.25) is 0 Å². The number of hydrogen-bond acceptors (Lipinski definition) is 4. The standard InChI is InChI=1S/C34H24N3O.C16H18N.Ir/c1-34(2,3)26-18-17-24(27-12-8-9-19-36-27)32-30(26)25-16-15-21(20-35)31(33(25)38-32)37-28-13-6-4-10-22(28)23-11-5-7-14-29(23)37;1-12-8-9-15(17-11-12)13-6-5-7-14(10-13)16(2,3)4;/h4-16,18-19H,1-3H3;5,7-11H,1-4H3;/q2*-1;/i4D,5D,6D,7D,10D,11D,13D,14D;;. The van der Waals surface area contributed by atoms with Crippen molar-refractivity contribution in [2.24, 2.45) is 0 Å². The largest absolute Gasteiger partial charge is 0.498 e. The second-order valence-corrected chi connectivity index (χ2v) is 15.5. The van der Waals surface area contributed by atoms with Gasteiger partial charge in [-0.1, -0.05) is 119 Å². The Morgan fingerprint density at radius 3 is 2.09 bits per heavy atom. The molecule has 0 spiro atoms. The van der Waals surface area contributed by atoms with Gasteiger partial charge < -0.3 is 19.0 Å². The first kappa shape index (κ1) is 29.4. The molecule has 6 heteroatoms. The zero-order chi connectivity index (χ0) is 45.4. The molecule has 0 atom stereocenters. The van der Waals surface area contributed by atoms with Gasteiger partial charge in [-0.25, -0.2) is 0 Å². The van der Waals surface area contributed by atoms with E-state index in [9.17, 15) is 5.26 Å². The molecule has 0 N–H and O–H groups in total. The molecule has 0 fully saturated rings. The van der Waals surface area contributed by atoms with Gasteiger partial charge in [0.15, 0.2) is 0 Å². The van der Waals surface area contributed by atoms with Gasteiger partial charge in [-0.3, -0.25) is 0 Å². The van der Waals surface area contributed by atoms with Gasteiger partial charge in [-0.2, -0.15) is 5.26 Å². The number of fused-ring (bicyclic) bond motifs is 6. The minimum Gasteiger partial charge on any atom is -0.498 e. The predicted molar refractivity (Wildman–Crippen MR) is 225 cm³/mol. The fourth-order valence-electron chi connectivity index (χ4n) is 6.83. The summed E-state index contributed by atoms with van der Waals surface area (Å²) >= 11 is 0. The van der Waals surface area contributed by atoms with Crippen LogP contribution in [0.15, 0.2) is 132 Å². The second kappa shape index (κ2) is 15.0. The molecule has 9 rings (SSSR count). The van der Waals surface area contributed by atoms with Gasteiger partial charge >= 0.3 is 0 Å². The summed E-state index contributed by atoms with van der Waals surface area (Å²) in [5, 5.41) is 11.6. The van der Waals surface area contributed by atoms with Crippen molar-refractivity contribution in [3.63, 3.8) is 0 Å². The molecule has 0 aliphatic carbocycles. The molecule has 56 heavy (non-hydrogen) atoms. The zero-order valence-corrected chi connectivity index (χ0v) is 34.4. The maximum absolute atomic E-state index is 10.4. The van der Waals surface area contributed by atoms with Crippen molar-refractivity contribution < 1.29 is 35.5 Å². The molecule has 0 aliphatic rings. The topological polar surface area (TPSA) is 67.6 Å². The molecule has 9 aromatic rings. The van der Waals surface area contributed by atoms with Crippen molar-refractivity contribution in [2.45, 2.75) is 59.3 Å². The van der Waals surface area contributed by atoms with E-state index in [1.54, 1.807) is 24.4 Å². The molecule has 4 heterocycles. The number of aryl methyl sites for hydroxylation is 1. The van der Waals surface area contributed by atoms with Crippen molar-refractivity contribution in [3.05, 3.63) is 162 Å². The molecule has 1 radical (unpaired) electrons. The third kappa shape index (κ3) is 6.94. The number of nitrogens with zero attached hydrogens (tertiary/aromatic N) is 4. The smallest absolute Gasteiger partial charge is 0.146 e. The summed E-state index contributed by atoms with van der Waals surface area (Å²) in [6, 6.07) is 25.9. The van der Waals surface area contributed by atoms with E-state index < -0.39 is 48.3 Å².